The predicted octanol–water partition coefficient (Wildman–Crippen LogP) is 1.79. The number of hydrogen-bond donors (Lipinski definition) is 0. The number of carbonyl (C=O) groups is 2. The van der Waals surface area contributed by atoms with Gasteiger partial charge in [-0.25, -0.2) is 9.69 Å². The highest BCUT2D eigenvalue weighted by Crippen LogP contribution is 2.17. The van der Waals surface area contributed by atoms with Crippen molar-refractivity contribution in [2.75, 3.05) is 6.61 Å². The average Bonchev–Trinajstić information content (AvgIpc) is 2.45. The number of imide groups is 1. The van der Waals surface area contributed by atoms with E-state index in [1.807, 2.05) is 20.8 Å². The van der Waals surface area contributed by atoms with Gasteiger partial charge in [-0.3, -0.25) is 4.79 Å². The van der Waals surface area contributed by atoms with Crippen LogP contribution in [0.25, 0.3) is 0 Å². The lowest BCUT2D eigenvalue weighted by atomic mass is 10.1. The van der Waals surface area contributed by atoms with Gasteiger partial charge in [0, 0.05) is 6.42 Å². The molecule has 1 fully saturated rings. The van der Waals surface area contributed by atoms with Crippen LogP contribution in [0.5, 0.6) is 0 Å². The molecule has 1 saturated heterocycles. The zero-order valence-corrected chi connectivity index (χ0v) is 8.95. The molecule has 1 aliphatic heterocycles. The van der Waals surface area contributed by atoms with Crippen molar-refractivity contribution < 1.29 is 14.3 Å². The summed E-state index contributed by atoms with van der Waals surface area (Å²) in [5, 5.41) is 0. The largest absolute Gasteiger partial charge is 0.447 e. The highest BCUT2D eigenvalue weighted by molar-refractivity contribution is 5.93. The molecule has 80 valence electrons. The third-order valence-electron chi connectivity index (χ3n) is 2.28. The highest BCUT2D eigenvalue weighted by Gasteiger charge is 2.36. The van der Waals surface area contributed by atoms with Crippen LogP contribution in [0.15, 0.2) is 0 Å². The van der Waals surface area contributed by atoms with Gasteiger partial charge in [-0.2, -0.15) is 0 Å². The molecule has 0 saturated carbocycles. The molecule has 0 aromatic carbocycles. The van der Waals surface area contributed by atoms with Crippen LogP contribution < -0.4 is 0 Å². The van der Waals surface area contributed by atoms with Crippen LogP contribution in [-0.4, -0.2) is 29.5 Å². The maximum absolute atomic E-state index is 11.7. The van der Waals surface area contributed by atoms with Crippen molar-refractivity contribution in [3.63, 3.8) is 0 Å². The second kappa shape index (κ2) is 4.44. The normalized spacial score (nSPS) is 21.6. The van der Waals surface area contributed by atoms with Gasteiger partial charge >= 0.3 is 6.09 Å². The van der Waals surface area contributed by atoms with E-state index in [2.05, 4.69) is 0 Å². The first-order chi connectivity index (χ1) is 6.56. The molecule has 1 aliphatic rings. The Hall–Kier alpha value is -1.06. The van der Waals surface area contributed by atoms with Gasteiger partial charge in [-0.15, -0.1) is 0 Å². The van der Waals surface area contributed by atoms with Crippen molar-refractivity contribution in [2.45, 2.75) is 39.7 Å². The molecule has 14 heavy (non-hydrogen) atoms. The molecule has 0 N–H and O–H groups in total. The van der Waals surface area contributed by atoms with Crippen molar-refractivity contribution in [3.05, 3.63) is 0 Å². The molecule has 2 amide bonds. The number of amides is 2. The first-order valence-electron chi connectivity index (χ1n) is 5.05. The molecule has 4 nitrogen and oxygen atoms in total. The molecule has 0 unspecified atom stereocenters. The van der Waals surface area contributed by atoms with E-state index < -0.39 is 6.09 Å². The Bertz CT molecular complexity index is 238. The Balaban J connectivity index is 2.64. The van der Waals surface area contributed by atoms with Gasteiger partial charge in [-0.05, 0) is 12.3 Å². The zero-order valence-electron chi connectivity index (χ0n) is 8.95. The van der Waals surface area contributed by atoms with Gasteiger partial charge in [0.2, 0.25) is 5.91 Å². The van der Waals surface area contributed by atoms with E-state index >= 15 is 0 Å². The maximum atomic E-state index is 11.7. The summed E-state index contributed by atoms with van der Waals surface area (Å²) in [6.45, 7) is 6.21. The first-order valence-corrected chi connectivity index (χ1v) is 5.05. The third kappa shape index (κ3) is 2.25. The number of rotatable bonds is 3. The fourth-order valence-corrected chi connectivity index (χ4v) is 1.51. The van der Waals surface area contributed by atoms with Gasteiger partial charge in [0.15, 0.2) is 0 Å². The Labute approximate surface area is 84.2 Å². The summed E-state index contributed by atoms with van der Waals surface area (Å²) in [4.78, 5) is 24.2. The van der Waals surface area contributed by atoms with Crippen LogP contribution in [0.4, 0.5) is 4.79 Å². The summed E-state index contributed by atoms with van der Waals surface area (Å²) in [6.07, 6.45) is 0.684. The van der Waals surface area contributed by atoms with E-state index in [1.165, 1.54) is 4.90 Å². The van der Waals surface area contributed by atoms with Crippen LogP contribution in [0.2, 0.25) is 0 Å². The molecule has 0 radical (unpaired) electrons. The van der Waals surface area contributed by atoms with Gasteiger partial charge in [-0.1, -0.05) is 20.8 Å². The minimum absolute atomic E-state index is 0.0613. The average molecular weight is 199 g/mol. The van der Waals surface area contributed by atoms with Crippen LogP contribution in [-0.2, 0) is 9.53 Å². The van der Waals surface area contributed by atoms with Crippen molar-refractivity contribution >= 4 is 12.0 Å². The number of cyclic esters (lactones) is 1. The van der Waals surface area contributed by atoms with Gasteiger partial charge in [0.1, 0.15) is 6.61 Å². The summed E-state index contributed by atoms with van der Waals surface area (Å²) >= 11 is 0. The van der Waals surface area contributed by atoms with Crippen LogP contribution in [0.3, 0.4) is 0 Å². The Kier molecular flexibility index (Phi) is 3.49. The van der Waals surface area contributed by atoms with Crippen molar-refractivity contribution in [1.29, 1.82) is 0 Å². The standard InChI is InChI=1S/C10H17NO3/c1-4-8-6-14-10(13)11(8)9(12)5-7(2)3/h7-8H,4-6H2,1-3H3/t8-/m0/s1. The van der Waals surface area contributed by atoms with Crippen LogP contribution in [0.1, 0.15) is 33.6 Å². The van der Waals surface area contributed by atoms with Crippen LogP contribution in [0, 0.1) is 5.92 Å². The second-order valence-electron chi connectivity index (χ2n) is 4.00. The SMILES string of the molecule is CC[C@H]1COC(=O)N1C(=O)CC(C)C. The van der Waals surface area contributed by atoms with Crippen molar-refractivity contribution in [1.82, 2.24) is 4.90 Å². The first kappa shape index (κ1) is 11.0. The number of ether oxygens (including phenoxy) is 1. The molecule has 1 rings (SSSR count). The number of nitrogens with zero attached hydrogens (tertiary/aromatic N) is 1. The lowest BCUT2D eigenvalue weighted by molar-refractivity contribution is -0.129. The fraction of sp³-hybridized carbons (Fsp3) is 0.800. The third-order valence-corrected chi connectivity index (χ3v) is 2.28. The monoisotopic (exact) mass is 199 g/mol. The zero-order chi connectivity index (χ0) is 10.7. The fourth-order valence-electron chi connectivity index (χ4n) is 1.51. The Morgan fingerprint density at radius 1 is 1.64 bits per heavy atom. The molecule has 1 heterocycles. The minimum atomic E-state index is -0.484. The molecular weight excluding hydrogens is 182 g/mol. The summed E-state index contributed by atoms with van der Waals surface area (Å²) in [5.41, 5.74) is 0. The second-order valence-corrected chi connectivity index (χ2v) is 4.00. The lowest BCUT2D eigenvalue weighted by Crippen LogP contribution is -2.39. The molecule has 1 atom stereocenters. The molecule has 0 aliphatic carbocycles. The molecule has 0 spiro atoms. The van der Waals surface area contributed by atoms with Crippen molar-refractivity contribution in [2.24, 2.45) is 5.92 Å². The molecule has 0 aromatic heterocycles. The van der Waals surface area contributed by atoms with E-state index in [0.717, 1.165) is 6.42 Å². The number of carbonyl (C=O) groups excluding carboxylic acids is 2. The van der Waals surface area contributed by atoms with E-state index in [4.69, 9.17) is 4.74 Å². The van der Waals surface area contributed by atoms with Gasteiger partial charge in [0.25, 0.3) is 0 Å². The van der Waals surface area contributed by atoms with E-state index in [9.17, 15) is 9.59 Å². The predicted molar refractivity (Wildman–Crippen MR) is 51.7 cm³/mol. The highest BCUT2D eigenvalue weighted by atomic mass is 16.6. The Morgan fingerprint density at radius 2 is 2.29 bits per heavy atom. The van der Waals surface area contributed by atoms with Gasteiger partial charge < -0.3 is 4.74 Å². The van der Waals surface area contributed by atoms with Crippen LogP contribution >= 0.6 is 0 Å². The number of hydrogen-bond acceptors (Lipinski definition) is 3. The molecular formula is C10H17NO3. The molecule has 0 aromatic rings. The molecule has 0 bridgehead atoms. The topological polar surface area (TPSA) is 46.6 Å². The minimum Gasteiger partial charge on any atom is -0.447 e. The van der Waals surface area contributed by atoms with Crippen molar-refractivity contribution in [3.8, 4) is 0 Å². The summed E-state index contributed by atoms with van der Waals surface area (Å²) in [5.74, 6) is 0.155. The smallest absolute Gasteiger partial charge is 0.416 e. The van der Waals surface area contributed by atoms with E-state index in [1.54, 1.807) is 0 Å². The van der Waals surface area contributed by atoms with E-state index in [0.29, 0.717) is 13.0 Å². The lowest BCUT2D eigenvalue weighted by Gasteiger charge is -2.18. The summed E-state index contributed by atoms with van der Waals surface area (Å²) in [6, 6.07) is -0.0613. The van der Waals surface area contributed by atoms with E-state index in [-0.39, 0.29) is 17.9 Å². The Morgan fingerprint density at radius 3 is 2.79 bits per heavy atom. The summed E-state index contributed by atoms with van der Waals surface area (Å²) < 4.78 is 4.84. The maximum Gasteiger partial charge on any atom is 0.416 e. The van der Waals surface area contributed by atoms with Gasteiger partial charge in [0.05, 0.1) is 6.04 Å². The molecule has 4 heteroatoms. The quantitative estimate of drug-likeness (QED) is 0.696. The summed E-state index contributed by atoms with van der Waals surface area (Å²) in [7, 11) is 0.